The Morgan fingerprint density at radius 3 is 2.44 bits per heavy atom. The number of piperidine rings is 1. The van der Waals surface area contributed by atoms with E-state index >= 15 is 0 Å². The van der Waals surface area contributed by atoms with E-state index in [9.17, 15) is 8.42 Å². The molecule has 2 unspecified atom stereocenters. The zero-order valence-corrected chi connectivity index (χ0v) is 12.8. The van der Waals surface area contributed by atoms with Crippen molar-refractivity contribution in [1.82, 2.24) is 13.9 Å². The summed E-state index contributed by atoms with van der Waals surface area (Å²) in [5.74, 6) is 0. The van der Waals surface area contributed by atoms with Gasteiger partial charge >= 0.3 is 0 Å². The van der Waals surface area contributed by atoms with Crippen LogP contribution >= 0.6 is 0 Å². The van der Waals surface area contributed by atoms with Crippen molar-refractivity contribution in [3.05, 3.63) is 0 Å². The fraction of sp³-hybridized carbons (Fsp3) is 1.00. The Hall–Kier alpha value is -0.170. The lowest BCUT2D eigenvalue weighted by Gasteiger charge is -2.40. The first-order chi connectivity index (χ1) is 8.48. The van der Waals surface area contributed by atoms with E-state index in [-0.39, 0.29) is 12.1 Å². The molecule has 2 atom stereocenters. The second-order valence-electron chi connectivity index (χ2n) is 4.84. The van der Waals surface area contributed by atoms with Crippen LogP contribution in [-0.4, -0.2) is 55.8 Å². The minimum absolute atomic E-state index is 0.0781. The van der Waals surface area contributed by atoms with Gasteiger partial charge in [0.1, 0.15) is 0 Å². The number of likely N-dealkylation sites (N-methyl/N-ethyl adjacent to an activating group) is 1. The summed E-state index contributed by atoms with van der Waals surface area (Å²) in [5, 5.41) is 3.19. The average molecular weight is 277 g/mol. The molecule has 108 valence electrons. The van der Waals surface area contributed by atoms with E-state index in [1.807, 2.05) is 20.9 Å². The second-order valence-corrected chi connectivity index (χ2v) is 6.72. The standard InChI is InChI=1S/C12H27N3O2S/c1-5-14(6-2)18(16,17)15-10-8-7-9-12(15)11(3)13-4/h11-13H,5-10H2,1-4H3. The number of nitrogens with zero attached hydrogens (tertiary/aromatic N) is 2. The molecule has 0 aliphatic carbocycles. The highest BCUT2D eigenvalue weighted by Crippen LogP contribution is 2.24. The first-order valence-corrected chi connectivity index (χ1v) is 8.32. The molecule has 18 heavy (non-hydrogen) atoms. The molecule has 1 rings (SSSR count). The van der Waals surface area contributed by atoms with Crippen LogP contribution in [0.25, 0.3) is 0 Å². The second kappa shape index (κ2) is 6.84. The van der Waals surface area contributed by atoms with E-state index in [0.29, 0.717) is 19.6 Å². The van der Waals surface area contributed by atoms with Crippen LogP contribution in [0.2, 0.25) is 0 Å². The number of hydrogen-bond acceptors (Lipinski definition) is 3. The first-order valence-electron chi connectivity index (χ1n) is 6.93. The lowest BCUT2D eigenvalue weighted by Crippen LogP contribution is -2.56. The van der Waals surface area contributed by atoms with E-state index in [2.05, 4.69) is 12.2 Å². The summed E-state index contributed by atoms with van der Waals surface area (Å²) in [5.41, 5.74) is 0. The van der Waals surface area contributed by atoms with E-state index < -0.39 is 10.2 Å². The van der Waals surface area contributed by atoms with Gasteiger partial charge in [0, 0.05) is 31.7 Å². The van der Waals surface area contributed by atoms with Gasteiger partial charge < -0.3 is 5.32 Å². The van der Waals surface area contributed by atoms with Crippen molar-refractivity contribution < 1.29 is 8.42 Å². The Labute approximate surface area is 112 Å². The molecule has 1 fully saturated rings. The summed E-state index contributed by atoms with van der Waals surface area (Å²) in [7, 11) is -1.41. The molecule has 1 aliphatic heterocycles. The Bertz CT molecular complexity index is 341. The lowest BCUT2D eigenvalue weighted by molar-refractivity contribution is 0.199. The van der Waals surface area contributed by atoms with Crippen molar-refractivity contribution in [2.75, 3.05) is 26.7 Å². The monoisotopic (exact) mass is 277 g/mol. The average Bonchev–Trinajstić information content (AvgIpc) is 2.39. The van der Waals surface area contributed by atoms with Crippen molar-refractivity contribution in [2.24, 2.45) is 0 Å². The van der Waals surface area contributed by atoms with Gasteiger partial charge in [-0.05, 0) is 26.8 Å². The van der Waals surface area contributed by atoms with Gasteiger partial charge in [0.15, 0.2) is 0 Å². The maximum Gasteiger partial charge on any atom is 0.282 e. The van der Waals surface area contributed by atoms with Gasteiger partial charge in [0.25, 0.3) is 10.2 Å². The van der Waals surface area contributed by atoms with Crippen LogP contribution in [0.1, 0.15) is 40.0 Å². The van der Waals surface area contributed by atoms with E-state index in [1.165, 1.54) is 0 Å². The fourth-order valence-electron chi connectivity index (χ4n) is 2.61. The van der Waals surface area contributed by atoms with E-state index in [1.54, 1.807) is 8.61 Å². The molecular weight excluding hydrogens is 250 g/mol. The number of hydrogen-bond donors (Lipinski definition) is 1. The summed E-state index contributed by atoms with van der Waals surface area (Å²) in [4.78, 5) is 0. The van der Waals surface area contributed by atoms with Gasteiger partial charge in [-0.2, -0.15) is 17.0 Å². The predicted octanol–water partition coefficient (Wildman–Crippen LogP) is 1.04. The maximum absolute atomic E-state index is 12.6. The third-order valence-corrected chi connectivity index (χ3v) is 6.07. The van der Waals surface area contributed by atoms with Crippen molar-refractivity contribution in [1.29, 1.82) is 0 Å². The fourth-order valence-corrected chi connectivity index (χ4v) is 4.55. The van der Waals surface area contributed by atoms with Gasteiger partial charge in [0.05, 0.1) is 0 Å². The summed E-state index contributed by atoms with van der Waals surface area (Å²) >= 11 is 0. The van der Waals surface area contributed by atoms with Crippen molar-refractivity contribution >= 4 is 10.2 Å². The summed E-state index contributed by atoms with van der Waals surface area (Å²) < 4.78 is 28.5. The molecule has 6 heteroatoms. The molecule has 0 aromatic carbocycles. The normalized spacial score (nSPS) is 24.4. The molecule has 0 bridgehead atoms. The summed E-state index contributed by atoms with van der Waals surface area (Å²) in [6.07, 6.45) is 3.02. The van der Waals surface area contributed by atoms with Gasteiger partial charge in [-0.1, -0.05) is 20.3 Å². The number of rotatable bonds is 6. The van der Waals surface area contributed by atoms with E-state index in [4.69, 9.17) is 0 Å². The molecule has 1 N–H and O–H groups in total. The van der Waals surface area contributed by atoms with Crippen LogP contribution < -0.4 is 5.32 Å². The molecule has 0 aromatic rings. The minimum atomic E-state index is -3.30. The van der Waals surface area contributed by atoms with Gasteiger partial charge in [-0.25, -0.2) is 0 Å². The molecule has 1 heterocycles. The Balaban J connectivity index is 2.95. The maximum atomic E-state index is 12.6. The number of nitrogens with one attached hydrogen (secondary N) is 1. The third-order valence-electron chi connectivity index (χ3n) is 3.86. The van der Waals surface area contributed by atoms with Gasteiger partial charge in [-0.3, -0.25) is 0 Å². The largest absolute Gasteiger partial charge is 0.316 e. The van der Waals surface area contributed by atoms with E-state index in [0.717, 1.165) is 19.3 Å². The molecule has 0 aromatic heterocycles. The quantitative estimate of drug-likeness (QED) is 0.789. The van der Waals surface area contributed by atoms with Crippen molar-refractivity contribution in [3.63, 3.8) is 0 Å². The molecular formula is C12H27N3O2S. The Kier molecular flexibility index (Phi) is 6.04. The van der Waals surface area contributed by atoms with Gasteiger partial charge in [-0.15, -0.1) is 0 Å². The summed E-state index contributed by atoms with van der Waals surface area (Å²) in [6.45, 7) is 7.56. The molecule has 0 spiro atoms. The highest BCUT2D eigenvalue weighted by Gasteiger charge is 2.37. The van der Waals surface area contributed by atoms with Crippen LogP contribution in [0, 0.1) is 0 Å². The highest BCUT2D eigenvalue weighted by molar-refractivity contribution is 7.86. The predicted molar refractivity (Wildman–Crippen MR) is 74.7 cm³/mol. The van der Waals surface area contributed by atoms with Gasteiger partial charge in [0.2, 0.25) is 0 Å². The highest BCUT2D eigenvalue weighted by atomic mass is 32.2. The van der Waals surface area contributed by atoms with Crippen LogP contribution in [0.4, 0.5) is 0 Å². The third kappa shape index (κ3) is 3.23. The lowest BCUT2D eigenvalue weighted by atomic mass is 9.99. The smallest absolute Gasteiger partial charge is 0.282 e. The molecule has 5 nitrogen and oxygen atoms in total. The van der Waals surface area contributed by atoms with Crippen molar-refractivity contribution in [2.45, 2.75) is 52.1 Å². The molecule has 0 amide bonds. The Morgan fingerprint density at radius 1 is 1.33 bits per heavy atom. The van der Waals surface area contributed by atoms with Crippen LogP contribution in [0.15, 0.2) is 0 Å². The Morgan fingerprint density at radius 2 is 1.94 bits per heavy atom. The van der Waals surface area contributed by atoms with Crippen LogP contribution in [-0.2, 0) is 10.2 Å². The van der Waals surface area contributed by atoms with Crippen LogP contribution in [0.5, 0.6) is 0 Å². The van der Waals surface area contributed by atoms with Crippen LogP contribution in [0.3, 0.4) is 0 Å². The zero-order valence-electron chi connectivity index (χ0n) is 12.0. The molecule has 1 saturated heterocycles. The summed E-state index contributed by atoms with van der Waals surface area (Å²) in [6, 6.07) is 0.269. The van der Waals surface area contributed by atoms with Crippen molar-refractivity contribution in [3.8, 4) is 0 Å². The first kappa shape index (κ1) is 15.9. The molecule has 1 aliphatic rings. The molecule has 0 radical (unpaired) electrons. The molecule has 0 saturated carbocycles. The minimum Gasteiger partial charge on any atom is -0.316 e. The SMILES string of the molecule is CCN(CC)S(=O)(=O)N1CCCCC1C(C)NC. The zero-order chi connectivity index (χ0) is 13.8. The topological polar surface area (TPSA) is 52.7 Å².